The van der Waals surface area contributed by atoms with E-state index in [-0.39, 0.29) is 22.9 Å². The first-order valence-corrected chi connectivity index (χ1v) is 8.22. The van der Waals surface area contributed by atoms with Crippen LogP contribution < -0.4 is 10.3 Å². The third-order valence-corrected chi connectivity index (χ3v) is 3.84. The molecule has 0 aliphatic carbocycles. The van der Waals surface area contributed by atoms with Crippen molar-refractivity contribution in [3.63, 3.8) is 0 Å². The first-order chi connectivity index (χ1) is 13.2. The van der Waals surface area contributed by atoms with Crippen LogP contribution in [-0.4, -0.2) is 18.9 Å². The fourth-order valence-electron chi connectivity index (χ4n) is 2.12. The summed E-state index contributed by atoms with van der Waals surface area (Å²) in [6.45, 7) is 1.24. The number of hydrogen-bond donors (Lipinski definition) is 1. The monoisotopic (exact) mass is 416 g/mol. The van der Waals surface area contributed by atoms with Crippen LogP contribution >= 0.6 is 11.6 Å². The molecule has 0 unspecified atom stereocenters. The van der Waals surface area contributed by atoms with Crippen molar-refractivity contribution in [2.45, 2.75) is 19.7 Å². The first-order valence-electron chi connectivity index (χ1n) is 7.84. The van der Waals surface area contributed by atoms with E-state index in [9.17, 15) is 18.0 Å². The molecular formula is C18H16ClF3N2O4. The van der Waals surface area contributed by atoms with Gasteiger partial charge in [-0.25, -0.2) is 4.79 Å². The smallest absolute Gasteiger partial charge is 0.440 e. The minimum absolute atomic E-state index is 0.0334. The van der Waals surface area contributed by atoms with Gasteiger partial charge in [0.15, 0.2) is 5.75 Å². The van der Waals surface area contributed by atoms with E-state index in [1.54, 1.807) is 13.0 Å². The quantitative estimate of drug-likeness (QED) is 0.534. The minimum atomic E-state index is -4.48. The molecule has 2 aromatic carbocycles. The summed E-state index contributed by atoms with van der Waals surface area (Å²) in [4.78, 5) is 21.2. The molecule has 6 nitrogen and oxygen atoms in total. The van der Waals surface area contributed by atoms with E-state index in [2.05, 4.69) is 9.89 Å². The Balaban J connectivity index is 2.09. The van der Waals surface area contributed by atoms with Gasteiger partial charge in [0, 0.05) is 11.1 Å². The Labute approximate surface area is 163 Å². The lowest BCUT2D eigenvalue weighted by Gasteiger charge is -2.12. The van der Waals surface area contributed by atoms with Gasteiger partial charge in [0.05, 0.1) is 23.4 Å². The lowest BCUT2D eigenvalue weighted by Crippen LogP contribution is -2.26. The average molecular weight is 417 g/mol. The number of nitrogens with zero attached hydrogens (tertiary/aromatic N) is 1. The number of methoxy groups -OCH3 is 1. The first kappa shape index (κ1) is 21.4. The summed E-state index contributed by atoms with van der Waals surface area (Å²) < 4.78 is 43.3. The van der Waals surface area contributed by atoms with Gasteiger partial charge in [-0.2, -0.15) is 18.7 Å². The van der Waals surface area contributed by atoms with Gasteiger partial charge in [-0.05, 0) is 25.1 Å². The predicted molar refractivity (Wildman–Crippen MR) is 96.1 cm³/mol. The molecule has 0 bridgehead atoms. The maximum atomic E-state index is 13.0. The molecule has 28 heavy (non-hydrogen) atoms. The highest BCUT2D eigenvalue weighted by molar-refractivity contribution is 6.32. The summed E-state index contributed by atoms with van der Waals surface area (Å²) in [5.74, 6) is 0.126. The van der Waals surface area contributed by atoms with E-state index in [0.29, 0.717) is 11.3 Å². The molecule has 0 heterocycles. The van der Waals surface area contributed by atoms with E-state index in [4.69, 9.17) is 21.3 Å². The maximum absolute atomic E-state index is 13.0. The van der Waals surface area contributed by atoms with E-state index in [1.807, 2.05) is 5.48 Å². The van der Waals surface area contributed by atoms with E-state index in [1.165, 1.54) is 37.4 Å². The molecule has 0 aromatic heterocycles. The molecule has 0 saturated carbocycles. The Morgan fingerprint density at radius 1 is 1.21 bits per heavy atom. The van der Waals surface area contributed by atoms with Gasteiger partial charge in [-0.15, -0.1) is 0 Å². The second-order valence-corrected chi connectivity index (χ2v) is 5.85. The predicted octanol–water partition coefficient (Wildman–Crippen LogP) is 4.95. The van der Waals surface area contributed by atoms with Crippen molar-refractivity contribution in [2.24, 2.45) is 5.16 Å². The van der Waals surface area contributed by atoms with E-state index < -0.39 is 17.8 Å². The lowest BCUT2D eigenvalue weighted by molar-refractivity contribution is -0.138. The fourth-order valence-corrected chi connectivity index (χ4v) is 2.28. The number of amides is 1. The summed E-state index contributed by atoms with van der Waals surface area (Å²) in [5.41, 5.74) is 2.09. The number of rotatable bonds is 6. The minimum Gasteiger partial charge on any atom is -0.451 e. The van der Waals surface area contributed by atoms with Crippen LogP contribution in [0.25, 0.3) is 0 Å². The summed E-state index contributed by atoms with van der Waals surface area (Å²) in [7, 11) is 1.17. The molecule has 0 aliphatic rings. The Kier molecular flexibility index (Phi) is 7.11. The third-order valence-electron chi connectivity index (χ3n) is 3.52. The molecule has 150 valence electrons. The zero-order valence-corrected chi connectivity index (χ0v) is 15.6. The average Bonchev–Trinajstić information content (AvgIpc) is 2.66. The number of oxime groups is 1. The van der Waals surface area contributed by atoms with Crippen molar-refractivity contribution in [1.82, 2.24) is 5.48 Å². The largest absolute Gasteiger partial charge is 0.451 e. The normalized spacial score (nSPS) is 11.7. The summed E-state index contributed by atoms with van der Waals surface area (Å²) in [6, 6.07) is 9.68. The number of hydrogen-bond acceptors (Lipinski definition) is 5. The Bertz CT molecular complexity index is 872. The number of hydroxylamine groups is 1. The lowest BCUT2D eigenvalue weighted by atomic mass is 10.1. The fraction of sp³-hybridized carbons (Fsp3) is 0.222. The highest BCUT2D eigenvalue weighted by atomic mass is 35.5. The number of carbonyl (C=O) groups is 1. The summed E-state index contributed by atoms with van der Waals surface area (Å²) in [5, 5.41) is 4.05. The van der Waals surface area contributed by atoms with Gasteiger partial charge in [0.1, 0.15) is 6.61 Å². The second-order valence-electron chi connectivity index (χ2n) is 5.45. The molecule has 0 spiro atoms. The molecule has 0 atom stereocenters. The van der Waals surface area contributed by atoms with Crippen molar-refractivity contribution in [3.8, 4) is 5.75 Å². The second kappa shape index (κ2) is 9.32. The van der Waals surface area contributed by atoms with E-state index >= 15 is 0 Å². The zero-order chi connectivity index (χ0) is 20.7. The zero-order valence-electron chi connectivity index (χ0n) is 14.8. The number of nitrogens with one attached hydrogen (secondary N) is 1. The third kappa shape index (κ3) is 5.78. The van der Waals surface area contributed by atoms with Gasteiger partial charge >= 0.3 is 12.3 Å². The van der Waals surface area contributed by atoms with E-state index in [0.717, 1.165) is 6.07 Å². The Morgan fingerprint density at radius 3 is 2.61 bits per heavy atom. The maximum Gasteiger partial charge on any atom is 0.440 e. The summed E-state index contributed by atoms with van der Waals surface area (Å²) in [6.07, 6.45) is -5.30. The number of benzene rings is 2. The highest BCUT2D eigenvalue weighted by Crippen LogP contribution is 2.32. The molecule has 0 radical (unpaired) electrons. The molecule has 2 aromatic rings. The van der Waals surface area contributed by atoms with Gasteiger partial charge < -0.3 is 14.4 Å². The molecule has 10 heteroatoms. The summed E-state index contributed by atoms with van der Waals surface area (Å²) >= 11 is 5.98. The SMILES string of the molecule is COC(=O)NOc1cc(C(C)=NOCc2ccccc2C(F)(F)F)ccc1Cl. The Morgan fingerprint density at radius 2 is 1.93 bits per heavy atom. The van der Waals surface area contributed by atoms with Crippen LogP contribution in [0.3, 0.4) is 0 Å². The van der Waals surface area contributed by atoms with Crippen LogP contribution in [0.4, 0.5) is 18.0 Å². The van der Waals surface area contributed by atoms with Crippen molar-refractivity contribution < 1.29 is 32.4 Å². The van der Waals surface area contributed by atoms with Crippen molar-refractivity contribution in [2.75, 3.05) is 7.11 Å². The van der Waals surface area contributed by atoms with Crippen molar-refractivity contribution in [3.05, 3.63) is 64.2 Å². The van der Waals surface area contributed by atoms with Gasteiger partial charge in [-0.1, -0.05) is 41.0 Å². The molecule has 0 aliphatic heterocycles. The molecule has 1 N–H and O–H groups in total. The molecule has 0 fully saturated rings. The van der Waals surface area contributed by atoms with Crippen LogP contribution in [-0.2, 0) is 22.4 Å². The highest BCUT2D eigenvalue weighted by Gasteiger charge is 2.33. The van der Waals surface area contributed by atoms with Gasteiger partial charge in [0.25, 0.3) is 0 Å². The van der Waals surface area contributed by atoms with Crippen LogP contribution in [0.1, 0.15) is 23.6 Å². The molecular weight excluding hydrogens is 401 g/mol. The number of halogens is 4. The number of carbonyl (C=O) groups excluding carboxylic acids is 1. The van der Waals surface area contributed by atoms with Crippen LogP contribution in [0.5, 0.6) is 5.75 Å². The standard InChI is InChI=1S/C18H16ClF3N2O4/c1-11(12-7-8-15(19)16(9-12)28-24-17(25)26-2)23-27-10-13-5-3-4-6-14(13)18(20,21)22/h3-9H,10H2,1-2H3,(H,24,25). The number of alkyl halides is 3. The molecule has 0 saturated heterocycles. The van der Waals surface area contributed by atoms with Gasteiger partial charge in [0.2, 0.25) is 0 Å². The van der Waals surface area contributed by atoms with Gasteiger partial charge in [-0.3, -0.25) is 0 Å². The van der Waals surface area contributed by atoms with Crippen LogP contribution in [0, 0.1) is 0 Å². The van der Waals surface area contributed by atoms with Crippen molar-refractivity contribution >= 4 is 23.4 Å². The van der Waals surface area contributed by atoms with Crippen molar-refractivity contribution in [1.29, 1.82) is 0 Å². The van der Waals surface area contributed by atoms with Crippen LogP contribution in [0.2, 0.25) is 5.02 Å². The number of ether oxygens (including phenoxy) is 1. The Hall–Kier alpha value is -2.94. The topological polar surface area (TPSA) is 69.2 Å². The molecule has 2 rings (SSSR count). The molecule has 1 amide bonds. The van der Waals surface area contributed by atoms with Crippen LogP contribution in [0.15, 0.2) is 47.6 Å².